The second-order valence-corrected chi connectivity index (χ2v) is 3.65. The molecule has 19 heavy (non-hydrogen) atoms. The molecule has 0 saturated heterocycles. The zero-order valence-corrected chi connectivity index (χ0v) is 10.8. The highest BCUT2D eigenvalue weighted by atomic mass is 15.2. The van der Waals surface area contributed by atoms with E-state index in [4.69, 9.17) is 28.2 Å². The molecule has 0 radical (unpaired) electrons. The Hall–Kier alpha value is -2.34. The molecule has 0 spiro atoms. The Morgan fingerprint density at radius 2 is 1.37 bits per heavy atom. The van der Waals surface area contributed by atoms with Crippen molar-refractivity contribution >= 4 is 17.8 Å². The monoisotopic (exact) mass is 267 g/mol. The van der Waals surface area contributed by atoms with Crippen LogP contribution >= 0.6 is 0 Å². The van der Waals surface area contributed by atoms with Crippen LogP contribution in [0.5, 0.6) is 0 Å². The van der Waals surface area contributed by atoms with Gasteiger partial charge in [0.1, 0.15) is 0 Å². The molecule has 1 rings (SSSR count). The van der Waals surface area contributed by atoms with Gasteiger partial charge in [-0.2, -0.15) is 20.2 Å². The lowest BCUT2D eigenvalue weighted by molar-refractivity contribution is 0.633. The second-order valence-electron chi connectivity index (χ2n) is 3.65. The zero-order chi connectivity index (χ0) is 14.5. The fraction of sp³-hybridized carbons (Fsp3) is 0.600. The minimum atomic E-state index is 0.0417. The topological polar surface area (TPSA) is 179 Å². The average molecular weight is 267 g/mol. The molecule has 0 saturated carbocycles. The van der Waals surface area contributed by atoms with Crippen LogP contribution in [0.25, 0.3) is 0 Å². The van der Waals surface area contributed by atoms with Crippen molar-refractivity contribution < 1.29 is 0 Å². The molecule has 106 valence electrons. The lowest BCUT2D eigenvalue weighted by Crippen LogP contribution is -2.06. The van der Waals surface area contributed by atoms with E-state index in [1.807, 2.05) is 6.19 Å². The molecule has 0 fully saturated rings. The van der Waals surface area contributed by atoms with Crippen molar-refractivity contribution in [2.75, 3.05) is 30.3 Å². The third kappa shape index (κ3) is 10.5. The van der Waals surface area contributed by atoms with Crippen LogP contribution in [-0.4, -0.2) is 28.0 Å². The number of hydrogen-bond donors (Lipinski definition) is 5. The first kappa shape index (κ1) is 16.7. The number of nitrogens with zero attached hydrogens (tertiary/aromatic N) is 4. The number of aromatic nitrogens is 3. The molecule has 0 amide bonds. The molecular weight excluding hydrogens is 246 g/mol. The number of rotatable bonds is 6. The summed E-state index contributed by atoms with van der Waals surface area (Å²) in [5.41, 5.74) is 20.7. The third-order valence-electron chi connectivity index (χ3n) is 2.02. The van der Waals surface area contributed by atoms with E-state index in [2.05, 4.69) is 20.3 Å². The maximum absolute atomic E-state index is 8.09. The molecule has 9 N–H and O–H groups in total. The standard InChI is InChI=1S/C7H15N3.C3H6N6/c8-5-3-1-2-4-6-10-7-9;4-1-7-2(5)9-3(6)8-1/h10H,1-6,8H2;(H6,4,5,6,7,8,9). The van der Waals surface area contributed by atoms with Crippen LogP contribution < -0.4 is 28.3 Å². The van der Waals surface area contributed by atoms with Gasteiger partial charge in [0, 0.05) is 6.54 Å². The summed E-state index contributed by atoms with van der Waals surface area (Å²) in [6.07, 6.45) is 6.42. The van der Waals surface area contributed by atoms with Crippen molar-refractivity contribution in [2.45, 2.75) is 25.7 Å². The van der Waals surface area contributed by atoms with E-state index in [1.165, 1.54) is 12.8 Å². The van der Waals surface area contributed by atoms with Crippen LogP contribution in [-0.2, 0) is 0 Å². The van der Waals surface area contributed by atoms with Gasteiger partial charge in [-0.3, -0.25) is 0 Å². The van der Waals surface area contributed by atoms with Gasteiger partial charge in [0.05, 0.1) is 0 Å². The summed E-state index contributed by atoms with van der Waals surface area (Å²) in [5, 5.41) is 10.7. The van der Waals surface area contributed by atoms with E-state index < -0.39 is 0 Å². The first-order valence-electron chi connectivity index (χ1n) is 5.94. The summed E-state index contributed by atoms with van der Waals surface area (Å²) in [6, 6.07) is 0. The fourth-order valence-corrected chi connectivity index (χ4v) is 1.19. The van der Waals surface area contributed by atoms with Crippen molar-refractivity contribution in [1.29, 1.82) is 5.26 Å². The zero-order valence-electron chi connectivity index (χ0n) is 10.8. The maximum atomic E-state index is 8.09. The summed E-state index contributed by atoms with van der Waals surface area (Å²) in [6.45, 7) is 1.59. The third-order valence-corrected chi connectivity index (χ3v) is 2.02. The Bertz CT molecular complexity index is 337. The van der Waals surface area contributed by atoms with E-state index in [1.54, 1.807) is 0 Å². The largest absolute Gasteiger partial charge is 0.368 e. The van der Waals surface area contributed by atoms with Gasteiger partial charge in [0.2, 0.25) is 17.8 Å². The number of hydrogen-bond acceptors (Lipinski definition) is 9. The Morgan fingerprint density at radius 3 is 1.79 bits per heavy atom. The highest BCUT2D eigenvalue weighted by Gasteiger charge is 1.93. The second kappa shape index (κ2) is 10.8. The average Bonchev–Trinajstić information content (AvgIpc) is 2.33. The molecule has 1 aromatic rings. The molecule has 0 aromatic carbocycles. The van der Waals surface area contributed by atoms with Gasteiger partial charge < -0.3 is 28.3 Å². The summed E-state index contributed by atoms with van der Waals surface area (Å²) in [4.78, 5) is 10.5. The first-order valence-corrected chi connectivity index (χ1v) is 5.94. The van der Waals surface area contributed by atoms with E-state index in [-0.39, 0.29) is 17.8 Å². The summed E-state index contributed by atoms with van der Waals surface area (Å²) >= 11 is 0. The number of unbranched alkanes of at least 4 members (excludes halogenated alkanes) is 3. The molecule has 0 bridgehead atoms. The van der Waals surface area contributed by atoms with Crippen molar-refractivity contribution in [3.8, 4) is 6.19 Å². The van der Waals surface area contributed by atoms with Gasteiger partial charge in [0.15, 0.2) is 6.19 Å². The number of nitrogen functional groups attached to an aromatic ring is 3. The molecule has 9 heteroatoms. The van der Waals surface area contributed by atoms with Gasteiger partial charge in [-0.1, -0.05) is 12.8 Å². The van der Waals surface area contributed by atoms with Crippen molar-refractivity contribution in [3.05, 3.63) is 0 Å². The number of nitriles is 1. The molecular formula is C10H21N9. The normalized spacial score (nSPS) is 9.05. The summed E-state index contributed by atoms with van der Waals surface area (Å²) < 4.78 is 0. The SMILES string of the molecule is N#CNCCCCCCN.Nc1nc(N)nc(N)n1. The number of nitrogens with two attached hydrogens (primary N) is 4. The predicted octanol–water partition coefficient (Wildman–Crippen LogP) is -0.806. The molecule has 0 aliphatic rings. The van der Waals surface area contributed by atoms with E-state index in [0.717, 1.165) is 25.9 Å². The highest BCUT2D eigenvalue weighted by molar-refractivity contribution is 5.33. The van der Waals surface area contributed by atoms with Crippen molar-refractivity contribution in [1.82, 2.24) is 20.3 Å². The lowest BCUT2D eigenvalue weighted by atomic mass is 10.2. The molecule has 0 aliphatic heterocycles. The molecule has 1 heterocycles. The molecule has 9 nitrogen and oxygen atoms in total. The number of anilines is 3. The van der Waals surface area contributed by atoms with Crippen LogP contribution in [0.2, 0.25) is 0 Å². The van der Waals surface area contributed by atoms with Crippen LogP contribution in [0.4, 0.5) is 17.8 Å². The van der Waals surface area contributed by atoms with E-state index in [9.17, 15) is 0 Å². The highest BCUT2D eigenvalue weighted by Crippen LogP contribution is 1.97. The molecule has 0 unspecified atom stereocenters. The Kier molecular flexibility index (Phi) is 9.46. The minimum Gasteiger partial charge on any atom is -0.368 e. The lowest BCUT2D eigenvalue weighted by Gasteiger charge is -1.96. The molecule has 0 aliphatic carbocycles. The predicted molar refractivity (Wildman–Crippen MR) is 74.2 cm³/mol. The first-order chi connectivity index (χ1) is 9.10. The number of nitrogens with one attached hydrogen (secondary N) is 1. The Morgan fingerprint density at radius 1 is 0.895 bits per heavy atom. The van der Waals surface area contributed by atoms with Crippen LogP contribution in [0.1, 0.15) is 25.7 Å². The van der Waals surface area contributed by atoms with Gasteiger partial charge in [-0.25, -0.2) is 0 Å². The van der Waals surface area contributed by atoms with Crippen LogP contribution in [0.15, 0.2) is 0 Å². The summed E-state index contributed by atoms with van der Waals surface area (Å²) in [5.74, 6) is 0.125. The van der Waals surface area contributed by atoms with Gasteiger partial charge >= 0.3 is 0 Å². The smallest absolute Gasteiger partial charge is 0.226 e. The fourth-order valence-electron chi connectivity index (χ4n) is 1.19. The molecule has 0 atom stereocenters. The van der Waals surface area contributed by atoms with Crippen molar-refractivity contribution in [3.63, 3.8) is 0 Å². The Balaban J connectivity index is 0.000000342. The van der Waals surface area contributed by atoms with Crippen LogP contribution in [0.3, 0.4) is 0 Å². The van der Waals surface area contributed by atoms with E-state index in [0.29, 0.717) is 0 Å². The van der Waals surface area contributed by atoms with Gasteiger partial charge in [-0.05, 0) is 19.4 Å². The van der Waals surface area contributed by atoms with Crippen molar-refractivity contribution in [2.24, 2.45) is 5.73 Å². The Labute approximate surface area is 112 Å². The summed E-state index contributed by atoms with van der Waals surface area (Å²) in [7, 11) is 0. The molecule has 1 aromatic heterocycles. The quantitative estimate of drug-likeness (QED) is 0.250. The minimum absolute atomic E-state index is 0.0417. The van der Waals surface area contributed by atoms with E-state index >= 15 is 0 Å². The van der Waals surface area contributed by atoms with Crippen LogP contribution in [0, 0.1) is 11.5 Å². The van der Waals surface area contributed by atoms with Gasteiger partial charge in [0.25, 0.3) is 0 Å². The van der Waals surface area contributed by atoms with Gasteiger partial charge in [-0.15, -0.1) is 0 Å². The maximum Gasteiger partial charge on any atom is 0.226 e.